The second kappa shape index (κ2) is 6.96. The van der Waals surface area contributed by atoms with Crippen LogP contribution in [0.3, 0.4) is 0 Å². The van der Waals surface area contributed by atoms with Gasteiger partial charge in [-0.25, -0.2) is 0 Å². The minimum absolute atomic E-state index is 0. The number of carbonyl (C=O) groups excluding carboxylic acids is 1. The number of para-hydroxylation sites is 1. The van der Waals surface area contributed by atoms with Gasteiger partial charge in [-0.2, -0.15) is 0 Å². The third-order valence-electron chi connectivity index (χ3n) is 2.68. The van der Waals surface area contributed by atoms with Gasteiger partial charge in [0, 0.05) is 22.0 Å². The van der Waals surface area contributed by atoms with Gasteiger partial charge in [-0.1, -0.05) is 35.9 Å². The Labute approximate surface area is 138 Å². The first kappa shape index (κ1) is 16.1. The molecule has 0 radical (unpaired) electrons. The number of hydrogen-bond donors (Lipinski definition) is 1. The molecule has 2 aromatic carbocycles. The zero-order valence-corrected chi connectivity index (χ0v) is 13.5. The molecule has 0 fully saturated rings. The summed E-state index contributed by atoms with van der Waals surface area (Å²) in [6, 6.07) is 12.0. The predicted octanol–water partition coefficient (Wildman–Crippen LogP) is -0.240. The Balaban J connectivity index is 0.00000180. The van der Waals surface area contributed by atoms with Gasteiger partial charge in [0.05, 0.1) is 5.97 Å². The van der Waals surface area contributed by atoms with Crippen molar-refractivity contribution in [3.8, 4) is 0 Å². The van der Waals surface area contributed by atoms with Crippen molar-refractivity contribution in [1.29, 1.82) is 0 Å². The van der Waals surface area contributed by atoms with Gasteiger partial charge in [-0.3, -0.25) is 0 Å². The van der Waals surface area contributed by atoms with Crippen molar-refractivity contribution >= 4 is 28.9 Å². The van der Waals surface area contributed by atoms with E-state index in [0.29, 0.717) is 10.7 Å². The normalized spacial score (nSPS) is 9.58. The number of hydrogen-bond acceptors (Lipinski definition) is 3. The molecule has 0 spiro atoms. The quantitative estimate of drug-likeness (QED) is 0.791. The third-order valence-corrected chi connectivity index (χ3v) is 3.09. The van der Waals surface area contributed by atoms with Crippen molar-refractivity contribution < 1.29 is 39.5 Å². The summed E-state index contributed by atoms with van der Waals surface area (Å²) in [6.07, 6.45) is 0. The molecular weight excluding hydrogens is 273 g/mol. The van der Waals surface area contributed by atoms with Crippen molar-refractivity contribution in [3.63, 3.8) is 0 Å². The number of carboxylic acids is 1. The molecule has 19 heavy (non-hydrogen) atoms. The van der Waals surface area contributed by atoms with Crippen molar-refractivity contribution in [2.24, 2.45) is 0 Å². The zero-order chi connectivity index (χ0) is 13.1. The van der Waals surface area contributed by atoms with Gasteiger partial charge in [0.2, 0.25) is 0 Å². The van der Waals surface area contributed by atoms with E-state index in [1.165, 1.54) is 6.07 Å². The van der Waals surface area contributed by atoms with E-state index in [1.54, 1.807) is 30.3 Å². The first-order valence-corrected chi connectivity index (χ1v) is 5.80. The Morgan fingerprint density at radius 2 is 1.74 bits per heavy atom. The summed E-state index contributed by atoms with van der Waals surface area (Å²) >= 11 is 6.01. The predicted molar refractivity (Wildman–Crippen MR) is 70.2 cm³/mol. The Morgan fingerprint density at radius 3 is 2.42 bits per heavy atom. The van der Waals surface area contributed by atoms with Crippen LogP contribution in [0.4, 0.5) is 11.4 Å². The van der Waals surface area contributed by atoms with Crippen LogP contribution in [0.25, 0.3) is 0 Å². The van der Waals surface area contributed by atoms with E-state index in [-0.39, 0.29) is 35.1 Å². The van der Waals surface area contributed by atoms with Crippen LogP contribution < -0.4 is 40.0 Å². The summed E-state index contributed by atoms with van der Waals surface area (Å²) in [5.41, 5.74) is 2.25. The Bertz CT molecular complexity index is 602. The second-order valence-corrected chi connectivity index (χ2v) is 4.28. The maximum Gasteiger partial charge on any atom is 1.00 e. The summed E-state index contributed by atoms with van der Waals surface area (Å²) in [6.45, 7) is 1.87. The number of nitrogens with one attached hydrogen (secondary N) is 1. The van der Waals surface area contributed by atoms with Crippen LogP contribution >= 0.6 is 11.6 Å². The van der Waals surface area contributed by atoms with E-state index in [2.05, 4.69) is 5.32 Å². The molecule has 2 rings (SSSR count). The molecule has 0 aromatic heterocycles. The minimum Gasteiger partial charge on any atom is -0.545 e. The van der Waals surface area contributed by atoms with Gasteiger partial charge < -0.3 is 15.2 Å². The van der Waals surface area contributed by atoms with Gasteiger partial charge in [-0.05, 0) is 30.7 Å². The molecule has 0 atom stereocenters. The molecule has 0 unspecified atom stereocenters. The molecule has 5 heteroatoms. The van der Waals surface area contributed by atoms with Crippen LogP contribution in [0.5, 0.6) is 0 Å². The molecule has 3 nitrogen and oxygen atoms in total. The summed E-state index contributed by atoms with van der Waals surface area (Å²) in [5, 5.41) is 14.7. The molecule has 0 aliphatic heterocycles. The standard InChI is InChI=1S/C14H12ClNO2.Na/c1-9-11(15)6-4-8-12(9)16-13-7-3-2-5-10(13)14(17)18;/h2-8,16H,1H3,(H,17,18);/q;+1/p-1. The van der Waals surface area contributed by atoms with Crippen LogP contribution in [0.15, 0.2) is 42.5 Å². The van der Waals surface area contributed by atoms with Crippen molar-refractivity contribution in [2.45, 2.75) is 6.92 Å². The average Bonchev–Trinajstić information content (AvgIpc) is 2.35. The molecule has 0 saturated carbocycles. The summed E-state index contributed by atoms with van der Waals surface area (Å²) < 4.78 is 0. The largest absolute Gasteiger partial charge is 1.00 e. The van der Waals surface area contributed by atoms with E-state index in [0.717, 1.165) is 11.3 Å². The van der Waals surface area contributed by atoms with E-state index < -0.39 is 5.97 Å². The van der Waals surface area contributed by atoms with Gasteiger partial charge >= 0.3 is 29.6 Å². The number of anilines is 2. The molecule has 92 valence electrons. The molecule has 0 aliphatic rings. The molecule has 0 saturated heterocycles. The third kappa shape index (κ3) is 3.74. The number of aromatic carboxylic acids is 1. The molecule has 0 heterocycles. The Hall–Kier alpha value is -1.000. The number of carbonyl (C=O) groups is 1. The van der Waals surface area contributed by atoms with Crippen molar-refractivity contribution in [1.82, 2.24) is 0 Å². The van der Waals surface area contributed by atoms with Crippen LogP contribution in [0.2, 0.25) is 5.02 Å². The molecule has 0 amide bonds. The van der Waals surface area contributed by atoms with Crippen LogP contribution in [0.1, 0.15) is 15.9 Å². The smallest absolute Gasteiger partial charge is 0.545 e. The summed E-state index contributed by atoms with van der Waals surface area (Å²) in [4.78, 5) is 11.0. The first-order valence-electron chi connectivity index (χ1n) is 5.42. The number of benzene rings is 2. The Morgan fingerprint density at radius 1 is 1.11 bits per heavy atom. The summed E-state index contributed by atoms with van der Waals surface area (Å²) in [5.74, 6) is -1.21. The van der Waals surface area contributed by atoms with Crippen molar-refractivity contribution in [2.75, 3.05) is 5.32 Å². The number of halogens is 1. The van der Waals surface area contributed by atoms with E-state index in [1.807, 2.05) is 13.0 Å². The Kier molecular flexibility index (Phi) is 5.88. The molecule has 0 aliphatic carbocycles. The van der Waals surface area contributed by atoms with Crippen LogP contribution in [-0.2, 0) is 0 Å². The minimum atomic E-state index is -1.21. The van der Waals surface area contributed by atoms with Gasteiger partial charge in [0.15, 0.2) is 0 Å². The second-order valence-electron chi connectivity index (χ2n) is 3.87. The zero-order valence-electron chi connectivity index (χ0n) is 10.7. The number of carboxylic acid groups (broad SMARTS) is 1. The molecule has 2 aromatic rings. The molecular formula is C14H11ClNNaO2. The van der Waals surface area contributed by atoms with E-state index in [4.69, 9.17) is 11.6 Å². The van der Waals surface area contributed by atoms with Gasteiger partial charge in [0.1, 0.15) is 0 Å². The first-order chi connectivity index (χ1) is 8.59. The van der Waals surface area contributed by atoms with Crippen LogP contribution in [-0.4, -0.2) is 5.97 Å². The summed E-state index contributed by atoms with van der Waals surface area (Å²) in [7, 11) is 0. The van der Waals surface area contributed by atoms with E-state index >= 15 is 0 Å². The SMILES string of the molecule is Cc1c(Cl)cccc1Nc1ccccc1C(=O)[O-].[Na+]. The van der Waals surface area contributed by atoms with Gasteiger partial charge in [0.25, 0.3) is 0 Å². The van der Waals surface area contributed by atoms with Gasteiger partial charge in [-0.15, -0.1) is 0 Å². The average molecular weight is 284 g/mol. The topological polar surface area (TPSA) is 52.2 Å². The monoisotopic (exact) mass is 283 g/mol. The maximum atomic E-state index is 11.0. The molecule has 1 N–H and O–H groups in total. The van der Waals surface area contributed by atoms with Crippen LogP contribution in [0, 0.1) is 6.92 Å². The maximum absolute atomic E-state index is 11.0. The van der Waals surface area contributed by atoms with E-state index in [9.17, 15) is 9.90 Å². The number of rotatable bonds is 3. The fraction of sp³-hybridized carbons (Fsp3) is 0.0714. The fourth-order valence-corrected chi connectivity index (χ4v) is 1.83. The fourth-order valence-electron chi connectivity index (χ4n) is 1.66. The van der Waals surface area contributed by atoms with Crippen molar-refractivity contribution in [3.05, 3.63) is 58.6 Å². The molecule has 0 bridgehead atoms.